The van der Waals surface area contributed by atoms with E-state index in [-0.39, 0.29) is 33.6 Å². The molecule has 3 aromatic rings. The van der Waals surface area contributed by atoms with Gasteiger partial charge in [0.2, 0.25) is 5.88 Å². The molecule has 0 saturated carbocycles. The first-order valence-corrected chi connectivity index (χ1v) is 9.51. The lowest BCUT2D eigenvalue weighted by Crippen LogP contribution is -2.37. The van der Waals surface area contributed by atoms with Gasteiger partial charge >= 0.3 is 6.11 Å². The highest BCUT2D eigenvalue weighted by Gasteiger charge is 2.39. The minimum absolute atomic E-state index is 0.0745. The van der Waals surface area contributed by atoms with Crippen molar-refractivity contribution in [2.24, 2.45) is 0 Å². The van der Waals surface area contributed by atoms with Gasteiger partial charge in [0.05, 0.1) is 24.2 Å². The van der Waals surface area contributed by atoms with Gasteiger partial charge in [-0.15, -0.1) is 0 Å². The molecule has 2 aromatic carbocycles. The van der Waals surface area contributed by atoms with Gasteiger partial charge in [-0.25, -0.2) is 4.39 Å². The average Bonchev–Trinajstić information content (AvgIpc) is 2.73. The van der Waals surface area contributed by atoms with Gasteiger partial charge in [-0.2, -0.15) is 8.78 Å². The van der Waals surface area contributed by atoms with E-state index in [2.05, 4.69) is 0 Å². The topological polar surface area (TPSA) is 51.9 Å². The molecule has 0 bridgehead atoms. The quantitative estimate of drug-likeness (QED) is 0.623. The first-order valence-electron chi connectivity index (χ1n) is 9.51. The summed E-state index contributed by atoms with van der Waals surface area (Å²) in [4.78, 5) is 14.7. The number of aryl methyl sites for hydroxylation is 1. The molecule has 0 N–H and O–H groups in total. The fourth-order valence-corrected chi connectivity index (χ4v) is 3.49. The number of alkyl halides is 2. The van der Waals surface area contributed by atoms with E-state index < -0.39 is 17.5 Å². The molecule has 1 fully saturated rings. The smallest absolute Gasteiger partial charge is 0.429 e. The van der Waals surface area contributed by atoms with Crippen molar-refractivity contribution in [1.82, 2.24) is 0 Å². The van der Waals surface area contributed by atoms with Crippen LogP contribution in [0.25, 0.3) is 11.0 Å². The van der Waals surface area contributed by atoms with Gasteiger partial charge in [-0.3, -0.25) is 4.79 Å². The summed E-state index contributed by atoms with van der Waals surface area (Å²) in [7, 11) is 0. The van der Waals surface area contributed by atoms with E-state index in [1.807, 2.05) is 4.90 Å². The molecule has 0 atom stereocenters. The summed E-state index contributed by atoms with van der Waals surface area (Å²) in [5.41, 5.74) is -0.888. The summed E-state index contributed by atoms with van der Waals surface area (Å²) in [6, 6.07) is 7.86. The lowest BCUT2D eigenvalue weighted by atomic mass is 10.1. The number of fused-ring (bicyclic) bond motifs is 1. The molecular weight excluding hydrogens is 399 g/mol. The fraction of sp³-hybridized carbons (Fsp3) is 0.318. The normalized spacial score (nSPS) is 14.9. The molecule has 0 amide bonds. The van der Waals surface area contributed by atoms with Crippen molar-refractivity contribution in [1.29, 1.82) is 0 Å². The Balaban J connectivity index is 1.82. The van der Waals surface area contributed by atoms with Crippen LogP contribution in [-0.4, -0.2) is 26.3 Å². The maximum absolute atomic E-state index is 14.8. The number of morpholine rings is 1. The van der Waals surface area contributed by atoms with Crippen LogP contribution in [0.15, 0.2) is 45.6 Å². The molecule has 1 aromatic heterocycles. The molecule has 0 aliphatic carbocycles. The Labute approximate surface area is 170 Å². The summed E-state index contributed by atoms with van der Waals surface area (Å²) < 4.78 is 60.1. The van der Waals surface area contributed by atoms with E-state index in [9.17, 15) is 18.0 Å². The van der Waals surface area contributed by atoms with E-state index in [0.29, 0.717) is 31.9 Å². The minimum Gasteiger partial charge on any atom is -0.436 e. The zero-order valence-corrected chi connectivity index (χ0v) is 16.5. The maximum atomic E-state index is 14.8. The van der Waals surface area contributed by atoms with Crippen LogP contribution in [0.3, 0.4) is 0 Å². The molecule has 5 nitrogen and oxygen atoms in total. The van der Waals surface area contributed by atoms with Gasteiger partial charge in [0, 0.05) is 13.1 Å². The van der Waals surface area contributed by atoms with Crippen molar-refractivity contribution in [3.63, 3.8) is 0 Å². The molecule has 1 saturated heterocycles. The Hall–Kier alpha value is -3.00. The van der Waals surface area contributed by atoms with Crippen molar-refractivity contribution in [3.8, 4) is 5.75 Å². The van der Waals surface area contributed by atoms with Crippen LogP contribution in [0, 0.1) is 19.7 Å². The Morgan fingerprint density at radius 3 is 2.50 bits per heavy atom. The Morgan fingerprint density at radius 2 is 1.77 bits per heavy atom. The number of ether oxygens (including phenoxy) is 2. The summed E-state index contributed by atoms with van der Waals surface area (Å²) >= 11 is 0. The summed E-state index contributed by atoms with van der Waals surface area (Å²) in [6.07, 6.45) is -3.97. The summed E-state index contributed by atoms with van der Waals surface area (Å²) in [5, 5.41) is 0.113. The number of hydrogen-bond acceptors (Lipinski definition) is 5. The van der Waals surface area contributed by atoms with Crippen molar-refractivity contribution in [2.45, 2.75) is 20.0 Å². The summed E-state index contributed by atoms with van der Waals surface area (Å²) in [6.45, 7) is 4.95. The van der Waals surface area contributed by atoms with Crippen molar-refractivity contribution in [3.05, 3.63) is 69.1 Å². The zero-order chi connectivity index (χ0) is 21.5. The predicted octanol–water partition coefficient (Wildman–Crippen LogP) is 4.51. The maximum Gasteiger partial charge on any atom is 0.429 e. The molecule has 8 heteroatoms. The minimum atomic E-state index is -3.97. The second kappa shape index (κ2) is 7.68. The lowest BCUT2D eigenvalue weighted by molar-refractivity contribution is -0.187. The summed E-state index contributed by atoms with van der Waals surface area (Å²) in [5.74, 6) is -1.10. The van der Waals surface area contributed by atoms with Gasteiger partial charge in [-0.05, 0) is 37.6 Å². The molecule has 30 heavy (non-hydrogen) atoms. The number of halogens is 3. The van der Waals surface area contributed by atoms with Crippen molar-refractivity contribution >= 4 is 16.9 Å². The molecule has 0 radical (unpaired) electrons. The van der Waals surface area contributed by atoms with Crippen LogP contribution in [-0.2, 0) is 10.8 Å². The van der Waals surface area contributed by atoms with Gasteiger partial charge in [0.1, 0.15) is 11.4 Å². The van der Waals surface area contributed by atoms with E-state index in [1.54, 1.807) is 6.92 Å². The third-order valence-corrected chi connectivity index (χ3v) is 5.13. The van der Waals surface area contributed by atoms with Crippen LogP contribution in [0.4, 0.5) is 19.1 Å². The number of para-hydroxylation sites is 1. The Morgan fingerprint density at radius 1 is 1.07 bits per heavy atom. The molecule has 1 aliphatic rings. The molecular formula is C22H20F3NO4. The molecule has 0 spiro atoms. The lowest BCUT2D eigenvalue weighted by Gasteiger charge is -2.28. The Bertz CT molecular complexity index is 1150. The second-order valence-corrected chi connectivity index (χ2v) is 7.15. The largest absolute Gasteiger partial charge is 0.436 e. The van der Waals surface area contributed by atoms with Gasteiger partial charge in [0.25, 0.3) is 0 Å². The number of benzene rings is 2. The zero-order valence-electron chi connectivity index (χ0n) is 16.5. The highest BCUT2D eigenvalue weighted by atomic mass is 19.3. The number of nitrogens with zero attached hydrogens (tertiary/aromatic N) is 1. The van der Waals surface area contributed by atoms with Crippen LogP contribution in [0.1, 0.15) is 16.7 Å². The molecule has 2 heterocycles. The number of hydrogen-bond donors (Lipinski definition) is 0. The number of anilines is 1. The third-order valence-electron chi connectivity index (χ3n) is 5.13. The average molecular weight is 419 g/mol. The van der Waals surface area contributed by atoms with Crippen LogP contribution in [0.5, 0.6) is 5.75 Å². The first kappa shape index (κ1) is 20.3. The van der Waals surface area contributed by atoms with Crippen LogP contribution < -0.4 is 15.1 Å². The SMILES string of the molecule is Cc1cccc(C(F)(F)Oc2cccc3c(=O)c(C)c(N4CCOCC4)oc23)c1F. The first-order chi connectivity index (χ1) is 14.3. The van der Waals surface area contributed by atoms with E-state index in [0.717, 1.165) is 6.07 Å². The van der Waals surface area contributed by atoms with Crippen LogP contribution >= 0.6 is 0 Å². The molecule has 158 valence electrons. The standard InChI is InChI=1S/C22H20F3NO4/c1-13-5-3-7-16(18(13)23)22(24,25)30-17-8-4-6-15-19(27)14(2)21(29-20(15)17)26-9-11-28-12-10-26/h3-8H,9-12H2,1-2H3. The van der Waals surface area contributed by atoms with Gasteiger partial charge in [-0.1, -0.05) is 18.2 Å². The number of rotatable bonds is 4. The second-order valence-electron chi connectivity index (χ2n) is 7.15. The van der Waals surface area contributed by atoms with Gasteiger partial charge in [0.15, 0.2) is 16.8 Å². The van der Waals surface area contributed by atoms with Crippen molar-refractivity contribution in [2.75, 3.05) is 31.2 Å². The predicted molar refractivity (Wildman–Crippen MR) is 106 cm³/mol. The highest BCUT2D eigenvalue weighted by molar-refractivity contribution is 5.84. The molecule has 4 rings (SSSR count). The fourth-order valence-electron chi connectivity index (χ4n) is 3.49. The monoisotopic (exact) mass is 419 g/mol. The van der Waals surface area contributed by atoms with E-state index in [1.165, 1.54) is 37.3 Å². The Kier molecular flexibility index (Phi) is 5.19. The third kappa shape index (κ3) is 3.52. The highest BCUT2D eigenvalue weighted by Crippen LogP contribution is 2.38. The van der Waals surface area contributed by atoms with E-state index >= 15 is 0 Å². The van der Waals surface area contributed by atoms with Crippen LogP contribution in [0.2, 0.25) is 0 Å². The van der Waals surface area contributed by atoms with Crippen molar-refractivity contribution < 1.29 is 27.1 Å². The van der Waals surface area contributed by atoms with E-state index in [4.69, 9.17) is 13.9 Å². The van der Waals surface area contributed by atoms with Gasteiger partial charge < -0.3 is 18.8 Å². The molecule has 1 aliphatic heterocycles. The molecule has 0 unspecified atom stereocenters.